The second-order valence-electron chi connectivity index (χ2n) is 19.0. The molecule has 0 aliphatic heterocycles. The van der Waals surface area contributed by atoms with E-state index in [4.69, 9.17) is 0 Å². The van der Waals surface area contributed by atoms with Gasteiger partial charge in [0.2, 0.25) is 0 Å². The Balaban J connectivity index is 0.976. The van der Waals surface area contributed by atoms with Gasteiger partial charge in [-0.25, -0.2) is 0 Å². The molecule has 0 fully saturated rings. The van der Waals surface area contributed by atoms with Crippen LogP contribution in [0, 0.1) is 13.8 Å². The highest BCUT2D eigenvalue weighted by Gasteiger charge is 2.51. The Morgan fingerprint density at radius 3 is 1.43 bits per heavy atom. The van der Waals surface area contributed by atoms with E-state index in [2.05, 4.69) is 255 Å². The Labute approximate surface area is 396 Å². The molecule has 0 N–H and O–H groups in total. The van der Waals surface area contributed by atoms with Crippen LogP contribution in [0.25, 0.3) is 105 Å². The molecule has 318 valence electrons. The van der Waals surface area contributed by atoms with Crippen molar-refractivity contribution in [1.29, 1.82) is 0 Å². The van der Waals surface area contributed by atoms with E-state index in [1.165, 1.54) is 133 Å². The SMILES string of the molecule is Cc1cc(C)cc(-c2ccc(-c3cc(-c4ccccc4)cc(-n4c5ccc(-c6ccc7c(c6)C6(c8ccccc8-c8ccccc86)c6ccccc6-7)cc5c5c6ccccc6ccc54)c3)cc2)c1. The highest BCUT2D eigenvalue weighted by molar-refractivity contribution is 6.22. The number of hydrogen-bond donors (Lipinski definition) is 0. The lowest BCUT2D eigenvalue weighted by atomic mass is 9.70. The van der Waals surface area contributed by atoms with E-state index >= 15 is 0 Å². The zero-order valence-electron chi connectivity index (χ0n) is 38.0. The second-order valence-corrected chi connectivity index (χ2v) is 19.0. The number of fused-ring (bicyclic) bond motifs is 15. The minimum atomic E-state index is -0.396. The predicted molar refractivity (Wildman–Crippen MR) is 286 cm³/mol. The van der Waals surface area contributed by atoms with E-state index in [1.807, 2.05) is 0 Å². The molecule has 1 nitrogen and oxygen atoms in total. The molecule has 1 aromatic heterocycles. The summed E-state index contributed by atoms with van der Waals surface area (Å²) in [6.07, 6.45) is 0. The van der Waals surface area contributed by atoms with Crippen LogP contribution in [0.2, 0.25) is 0 Å². The van der Waals surface area contributed by atoms with Crippen LogP contribution in [0.15, 0.2) is 237 Å². The largest absolute Gasteiger partial charge is 0.309 e. The summed E-state index contributed by atoms with van der Waals surface area (Å²) in [5.74, 6) is 0. The van der Waals surface area contributed by atoms with Crippen molar-refractivity contribution in [3.05, 3.63) is 270 Å². The first kappa shape index (κ1) is 38.7. The molecule has 68 heavy (non-hydrogen) atoms. The lowest BCUT2D eigenvalue weighted by Gasteiger charge is -2.30. The van der Waals surface area contributed by atoms with Crippen molar-refractivity contribution < 1.29 is 0 Å². The topological polar surface area (TPSA) is 4.93 Å². The third kappa shape index (κ3) is 5.63. The van der Waals surface area contributed by atoms with Crippen LogP contribution >= 0.6 is 0 Å². The van der Waals surface area contributed by atoms with Gasteiger partial charge >= 0.3 is 0 Å². The number of benzene rings is 11. The van der Waals surface area contributed by atoms with Gasteiger partial charge in [-0.05, 0) is 156 Å². The zero-order valence-corrected chi connectivity index (χ0v) is 38.0. The van der Waals surface area contributed by atoms with Gasteiger partial charge in [-0.2, -0.15) is 0 Å². The molecule has 0 saturated carbocycles. The van der Waals surface area contributed by atoms with Gasteiger partial charge in [0.15, 0.2) is 0 Å². The minimum Gasteiger partial charge on any atom is -0.309 e. The third-order valence-electron chi connectivity index (χ3n) is 15.0. The van der Waals surface area contributed by atoms with E-state index in [1.54, 1.807) is 0 Å². The van der Waals surface area contributed by atoms with Crippen molar-refractivity contribution in [3.8, 4) is 72.4 Å². The molecular weight excluding hydrogens is 819 g/mol. The average molecular weight is 864 g/mol. The van der Waals surface area contributed by atoms with Gasteiger partial charge in [-0.15, -0.1) is 0 Å². The Bertz CT molecular complexity index is 3950. The van der Waals surface area contributed by atoms with Crippen LogP contribution in [-0.2, 0) is 5.41 Å². The van der Waals surface area contributed by atoms with Gasteiger partial charge < -0.3 is 4.57 Å². The number of rotatable bonds is 5. The highest BCUT2D eigenvalue weighted by Crippen LogP contribution is 2.63. The molecule has 12 aromatic rings. The first-order valence-electron chi connectivity index (χ1n) is 23.8. The number of aromatic nitrogens is 1. The summed E-state index contributed by atoms with van der Waals surface area (Å²) in [7, 11) is 0. The van der Waals surface area contributed by atoms with Gasteiger partial charge in [-0.3, -0.25) is 0 Å². The zero-order chi connectivity index (χ0) is 45.1. The molecule has 1 spiro atoms. The van der Waals surface area contributed by atoms with Crippen LogP contribution in [0.5, 0.6) is 0 Å². The molecule has 1 heterocycles. The molecule has 0 unspecified atom stereocenters. The van der Waals surface area contributed by atoms with Crippen LogP contribution < -0.4 is 0 Å². The van der Waals surface area contributed by atoms with Crippen molar-refractivity contribution in [3.63, 3.8) is 0 Å². The maximum absolute atomic E-state index is 2.51. The maximum atomic E-state index is 2.51. The molecule has 2 aliphatic carbocycles. The van der Waals surface area contributed by atoms with Gasteiger partial charge in [0, 0.05) is 16.5 Å². The Hall–Kier alpha value is -8.52. The van der Waals surface area contributed by atoms with E-state index in [0.29, 0.717) is 0 Å². The fraction of sp³-hybridized carbons (Fsp3) is 0.0448. The summed E-state index contributed by atoms with van der Waals surface area (Å²) < 4.78 is 2.50. The van der Waals surface area contributed by atoms with E-state index in [0.717, 1.165) is 5.69 Å². The quantitative estimate of drug-likeness (QED) is 0.162. The van der Waals surface area contributed by atoms with Crippen molar-refractivity contribution in [2.24, 2.45) is 0 Å². The van der Waals surface area contributed by atoms with Gasteiger partial charge in [0.25, 0.3) is 0 Å². The van der Waals surface area contributed by atoms with E-state index < -0.39 is 5.41 Å². The fourth-order valence-corrected chi connectivity index (χ4v) is 12.2. The highest BCUT2D eigenvalue weighted by atomic mass is 15.0. The fourth-order valence-electron chi connectivity index (χ4n) is 12.2. The summed E-state index contributed by atoms with van der Waals surface area (Å²) in [4.78, 5) is 0. The monoisotopic (exact) mass is 863 g/mol. The maximum Gasteiger partial charge on any atom is 0.0725 e. The van der Waals surface area contributed by atoms with Crippen LogP contribution in [-0.4, -0.2) is 4.57 Å². The normalized spacial score (nSPS) is 13.0. The molecule has 0 atom stereocenters. The van der Waals surface area contributed by atoms with Crippen LogP contribution in [0.4, 0.5) is 0 Å². The molecule has 14 rings (SSSR count). The molecule has 0 saturated heterocycles. The smallest absolute Gasteiger partial charge is 0.0725 e. The van der Waals surface area contributed by atoms with Crippen LogP contribution in [0.1, 0.15) is 33.4 Å². The molecule has 0 amide bonds. The first-order chi connectivity index (χ1) is 33.5. The van der Waals surface area contributed by atoms with Gasteiger partial charge in [0.05, 0.1) is 16.4 Å². The van der Waals surface area contributed by atoms with Crippen molar-refractivity contribution in [1.82, 2.24) is 4.57 Å². The van der Waals surface area contributed by atoms with Gasteiger partial charge in [0.1, 0.15) is 0 Å². The van der Waals surface area contributed by atoms with Crippen molar-refractivity contribution in [2.75, 3.05) is 0 Å². The summed E-state index contributed by atoms with van der Waals surface area (Å²) >= 11 is 0. The molecule has 11 aromatic carbocycles. The lowest BCUT2D eigenvalue weighted by molar-refractivity contribution is 0.794. The number of hydrogen-bond acceptors (Lipinski definition) is 0. The summed E-state index contributed by atoms with van der Waals surface area (Å²) in [6, 6.07) is 89.0. The molecule has 0 radical (unpaired) electrons. The first-order valence-corrected chi connectivity index (χ1v) is 23.8. The average Bonchev–Trinajstić information content (AvgIpc) is 4.00. The minimum absolute atomic E-state index is 0.396. The Kier molecular flexibility index (Phi) is 8.40. The summed E-state index contributed by atoms with van der Waals surface area (Å²) in [5, 5.41) is 5.01. The predicted octanol–water partition coefficient (Wildman–Crippen LogP) is 17.6. The van der Waals surface area contributed by atoms with Crippen molar-refractivity contribution in [2.45, 2.75) is 19.3 Å². The summed E-state index contributed by atoms with van der Waals surface area (Å²) in [6.45, 7) is 4.35. The molecule has 2 aliphatic rings. The number of nitrogens with zero attached hydrogens (tertiary/aromatic N) is 1. The van der Waals surface area contributed by atoms with Gasteiger partial charge in [-0.1, -0.05) is 205 Å². The standard InChI is InChI=1S/C67H45N/c1-42-34-43(2)36-50(35-42)45-24-26-46(27-25-45)52-37-51(44-14-4-3-5-15-44)38-53(39-52)68-64-32-30-48(40-59(64)66-54-17-7-6-16-47(54)29-33-65(66)68)49-28-31-58-57-20-10-13-23-62(57)67(63(58)41-49)60-21-11-8-18-55(60)56-19-9-12-22-61(56)67/h3-41H,1-2H3. The van der Waals surface area contributed by atoms with E-state index in [9.17, 15) is 0 Å². The van der Waals surface area contributed by atoms with Crippen LogP contribution in [0.3, 0.4) is 0 Å². The number of aryl methyl sites for hydroxylation is 2. The third-order valence-corrected chi connectivity index (χ3v) is 15.0. The Morgan fingerprint density at radius 2 is 0.779 bits per heavy atom. The molecule has 0 bridgehead atoms. The second kappa shape index (κ2) is 14.7. The molecule has 1 heteroatoms. The lowest BCUT2D eigenvalue weighted by Crippen LogP contribution is -2.25. The van der Waals surface area contributed by atoms with Crippen molar-refractivity contribution >= 4 is 32.6 Å². The Morgan fingerprint density at radius 1 is 0.294 bits per heavy atom. The molecular formula is C67H45N. The van der Waals surface area contributed by atoms with E-state index in [-0.39, 0.29) is 0 Å². The summed E-state index contributed by atoms with van der Waals surface area (Å²) in [5.41, 5.74) is 26.1.